The van der Waals surface area contributed by atoms with Gasteiger partial charge in [-0.05, 0) is 12.1 Å². The molecular weight excluding hydrogens is 292 g/mol. The summed E-state index contributed by atoms with van der Waals surface area (Å²) < 4.78 is 2.77. The second-order valence-corrected chi connectivity index (χ2v) is 4.15. The normalized spacial score (nSPS) is 10.5. The number of nitrogens with zero attached hydrogens (tertiary/aromatic N) is 3. The van der Waals surface area contributed by atoms with Gasteiger partial charge in [0.25, 0.3) is 0 Å². The van der Waals surface area contributed by atoms with Crippen molar-refractivity contribution in [2.75, 3.05) is 4.34 Å². The molecule has 0 spiro atoms. The van der Waals surface area contributed by atoms with Crippen molar-refractivity contribution in [3.05, 3.63) is 48.9 Å². The highest BCUT2D eigenvalue weighted by Crippen LogP contribution is 2.25. The van der Waals surface area contributed by atoms with Crippen LogP contribution in [-0.4, -0.2) is 15.0 Å². The Balaban J connectivity index is 2.18. The average molecular weight is 301 g/mol. The van der Waals surface area contributed by atoms with Crippen molar-refractivity contribution in [1.29, 1.82) is 0 Å². The van der Waals surface area contributed by atoms with Gasteiger partial charge in [0.2, 0.25) is 0 Å². The third kappa shape index (κ3) is 1.93. The summed E-state index contributed by atoms with van der Waals surface area (Å²) in [5.41, 5.74) is 2.83. The number of fused-ring (bicyclic) bond motifs is 1. The van der Waals surface area contributed by atoms with E-state index in [4.69, 9.17) is 0 Å². The van der Waals surface area contributed by atoms with Gasteiger partial charge in [-0.15, -0.1) is 0 Å². The van der Waals surface area contributed by atoms with Crippen LogP contribution in [0.15, 0.2) is 48.9 Å². The summed E-state index contributed by atoms with van der Waals surface area (Å²) >= 11 is 3.12. The SMILES string of the molecule is BrNc1cnc(-c2cccc3ncccc23)cn1. The van der Waals surface area contributed by atoms with Gasteiger partial charge in [0.05, 0.1) is 23.6 Å². The lowest BCUT2D eigenvalue weighted by atomic mass is 10.1. The Morgan fingerprint density at radius 3 is 2.67 bits per heavy atom. The predicted octanol–water partition coefficient (Wildman–Crippen LogP) is 3.41. The molecule has 0 amide bonds. The van der Waals surface area contributed by atoms with E-state index in [1.165, 1.54) is 0 Å². The van der Waals surface area contributed by atoms with Gasteiger partial charge in [-0.2, -0.15) is 0 Å². The lowest BCUT2D eigenvalue weighted by Crippen LogP contribution is -1.91. The smallest absolute Gasteiger partial charge is 0.154 e. The van der Waals surface area contributed by atoms with Gasteiger partial charge in [0.15, 0.2) is 5.82 Å². The number of aromatic nitrogens is 3. The molecule has 0 aliphatic carbocycles. The first-order chi connectivity index (χ1) is 8.88. The topological polar surface area (TPSA) is 50.7 Å². The van der Waals surface area contributed by atoms with Crippen LogP contribution >= 0.6 is 16.1 Å². The number of pyridine rings is 1. The van der Waals surface area contributed by atoms with E-state index in [-0.39, 0.29) is 0 Å². The van der Waals surface area contributed by atoms with Gasteiger partial charge < -0.3 is 4.34 Å². The molecule has 1 aromatic carbocycles. The molecule has 0 unspecified atom stereocenters. The third-order valence-electron chi connectivity index (χ3n) is 2.67. The van der Waals surface area contributed by atoms with Crippen molar-refractivity contribution < 1.29 is 0 Å². The Kier molecular flexibility index (Phi) is 2.90. The predicted molar refractivity (Wildman–Crippen MR) is 75.3 cm³/mol. The summed E-state index contributed by atoms with van der Waals surface area (Å²) in [7, 11) is 0. The molecular formula is C13H9BrN4. The van der Waals surface area contributed by atoms with Gasteiger partial charge >= 0.3 is 0 Å². The number of benzene rings is 1. The molecule has 18 heavy (non-hydrogen) atoms. The van der Waals surface area contributed by atoms with Crippen LogP contribution in [0.1, 0.15) is 0 Å². The molecule has 0 saturated carbocycles. The Hall–Kier alpha value is -2.01. The molecule has 0 aliphatic heterocycles. The molecule has 3 rings (SSSR count). The van der Waals surface area contributed by atoms with Crippen LogP contribution in [-0.2, 0) is 0 Å². The van der Waals surface area contributed by atoms with E-state index < -0.39 is 0 Å². The zero-order valence-electron chi connectivity index (χ0n) is 9.34. The standard InChI is InChI=1S/C13H9BrN4/c14-18-13-8-16-12(7-17-13)10-3-1-5-11-9(10)4-2-6-15-11/h1-8H,(H,17,18). The average Bonchev–Trinajstić information content (AvgIpc) is 2.47. The number of anilines is 1. The molecule has 0 bridgehead atoms. The van der Waals surface area contributed by atoms with Gasteiger partial charge in [-0.1, -0.05) is 18.2 Å². The van der Waals surface area contributed by atoms with Gasteiger partial charge in [0, 0.05) is 33.3 Å². The summed E-state index contributed by atoms with van der Waals surface area (Å²) in [6.07, 6.45) is 5.21. The molecule has 0 atom stereocenters. The molecule has 2 heterocycles. The first-order valence-electron chi connectivity index (χ1n) is 5.41. The van der Waals surface area contributed by atoms with Crippen molar-refractivity contribution in [3.63, 3.8) is 0 Å². The fourth-order valence-corrected chi connectivity index (χ4v) is 2.05. The summed E-state index contributed by atoms with van der Waals surface area (Å²) in [6.45, 7) is 0. The van der Waals surface area contributed by atoms with Crippen LogP contribution in [0.4, 0.5) is 5.82 Å². The molecule has 0 saturated heterocycles. The quantitative estimate of drug-likeness (QED) is 0.737. The minimum atomic E-state index is 0.678. The van der Waals surface area contributed by atoms with Crippen molar-refractivity contribution in [1.82, 2.24) is 15.0 Å². The van der Waals surface area contributed by atoms with Crippen molar-refractivity contribution >= 4 is 32.9 Å². The lowest BCUT2D eigenvalue weighted by molar-refractivity contribution is 1.22. The number of hydrogen-bond donors (Lipinski definition) is 1. The van der Waals surface area contributed by atoms with E-state index in [1.807, 2.05) is 30.3 Å². The molecule has 0 fully saturated rings. The molecule has 5 heteroatoms. The number of hydrogen-bond acceptors (Lipinski definition) is 4. The zero-order chi connectivity index (χ0) is 12.4. The molecule has 2 aromatic heterocycles. The summed E-state index contributed by atoms with van der Waals surface area (Å²) in [6, 6.07) is 9.95. The van der Waals surface area contributed by atoms with Crippen molar-refractivity contribution in [2.45, 2.75) is 0 Å². The van der Waals surface area contributed by atoms with E-state index in [0.29, 0.717) is 5.82 Å². The third-order valence-corrected chi connectivity index (χ3v) is 3.08. The maximum atomic E-state index is 4.39. The Morgan fingerprint density at radius 1 is 0.944 bits per heavy atom. The highest BCUT2D eigenvalue weighted by atomic mass is 79.9. The van der Waals surface area contributed by atoms with Crippen LogP contribution in [0.2, 0.25) is 0 Å². The van der Waals surface area contributed by atoms with Crippen LogP contribution in [0.5, 0.6) is 0 Å². The fraction of sp³-hybridized carbons (Fsp3) is 0. The largest absolute Gasteiger partial charge is 0.306 e. The summed E-state index contributed by atoms with van der Waals surface area (Å²) in [5.74, 6) is 0.678. The first-order valence-corrected chi connectivity index (χ1v) is 6.20. The number of halogens is 1. The monoisotopic (exact) mass is 300 g/mol. The van der Waals surface area contributed by atoms with Crippen LogP contribution < -0.4 is 4.34 Å². The van der Waals surface area contributed by atoms with Crippen LogP contribution in [0.3, 0.4) is 0 Å². The van der Waals surface area contributed by atoms with E-state index >= 15 is 0 Å². The van der Waals surface area contributed by atoms with Crippen molar-refractivity contribution in [2.24, 2.45) is 0 Å². The highest BCUT2D eigenvalue weighted by Gasteiger charge is 2.05. The Bertz CT molecular complexity index is 677. The highest BCUT2D eigenvalue weighted by molar-refractivity contribution is 9.10. The fourth-order valence-electron chi connectivity index (χ4n) is 1.84. The Labute approximate surface area is 112 Å². The van der Waals surface area contributed by atoms with Gasteiger partial charge in [-0.3, -0.25) is 9.97 Å². The van der Waals surface area contributed by atoms with Gasteiger partial charge in [-0.25, -0.2) is 4.98 Å². The second-order valence-electron chi connectivity index (χ2n) is 3.76. The van der Waals surface area contributed by atoms with Crippen LogP contribution in [0.25, 0.3) is 22.2 Å². The summed E-state index contributed by atoms with van der Waals surface area (Å²) in [5, 5.41) is 1.08. The lowest BCUT2D eigenvalue weighted by Gasteiger charge is -2.05. The maximum absolute atomic E-state index is 4.39. The molecule has 1 N–H and O–H groups in total. The van der Waals surface area contributed by atoms with Crippen LogP contribution in [0, 0.1) is 0 Å². The summed E-state index contributed by atoms with van der Waals surface area (Å²) in [4.78, 5) is 13.0. The molecule has 88 valence electrons. The molecule has 4 nitrogen and oxygen atoms in total. The van der Waals surface area contributed by atoms with E-state index in [2.05, 4.69) is 35.4 Å². The van der Waals surface area contributed by atoms with E-state index in [9.17, 15) is 0 Å². The number of nitrogens with one attached hydrogen (secondary N) is 1. The minimum Gasteiger partial charge on any atom is -0.306 e. The Morgan fingerprint density at radius 2 is 1.89 bits per heavy atom. The second kappa shape index (κ2) is 4.70. The maximum Gasteiger partial charge on any atom is 0.154 e. The molecule has 0 radical (unpaired) electrons. The zero-order valence-corrected chi connectivity index (χ0v) is 10.9. The van der Waals surface area contributed by atoms with E-state index in [1.54, 1.807) is 18.6 Å². The van der Waals surface area contributed by atoms with Gasteiger partial charge in [0.1, 0.15) is 0 Å². The first kappa shape index (κ1) is 11.1. The van der Waals surface area contributed by atoms with Crippen molar-refractivity contribution in [3.8, 4) is 11.3 Å². The number of rotatable bonds is 2. The molecule has 0 aliphatic rings. The minimum absolute atomic E-state index is 0.678. The molecule has 3 aromatic rings. The van der Waals surface area contributed by atoms with E-state index in [0.717, 1.165) is 22.2 Å².